The number of anilines is 1. The predicted molar refractivity (Wildman–Crippen MR) is 83.5 cm³/mol. The lowest BCUT2D eigenvalue weighted by molar-refractivity contribution is -0.141. The molecule has 3 rings (SSSR count). The summed E-state index contributed by atoms with van der Waals surface area (Å²) in [6.45, 7) is 3.99. The molecule has 0 atom stereocenters. The van der Waals surface area contributed by atoms with Crippen LogP contribution < -0.4 is 4.90 Å². The Morgan fingerprint density at radius 2 is 1.84 bits per heavy atom. The van der Waals surface area contributed by atoms with E-state index in [1.165, 1.54) is 25.3 Å². The maximum absolute atomic E-state index is 13.7. The number of hydrogen-bond donors (Lipinski definition) is 0. The van der Waals surface area contributed by atoms with E-state index in [9.17, 15) is 17.6 Å². The molecule has 0 spiro atoms. The topological polar surface area (TPSA) is 45.2 Å². The first-order valence-corrected chi connectivity index (χ1v) is 7.82. The summed E-state index contributed by atoms with van der Waals surface area (Å²) in [5, 5.41) is 0. The number of nitrogens with zero attached hydrogens (tertiary/aromatic N) is 5. The highest BCUT2D eigenvalue weighted by Gasteiger charge is 2.34. The molecule has 2 aromatic heterocycles. The van der Waals surface area contributed by atoms with Crippen LogP contribution in [-0.2, 0) is 12.7 Å². The van der Waals surface area contributed by atoms with Crippen LogP contribution in [0.4, 0.5) is 23.4 Å². The van der Waals surface area contributed by atoms with Crippen LogP contribution in [0.15, 0.2) is 24.4 Å². The molecule has 3 heterocycles. The summed E-state index contributed by atoms with van der Waals surface area (Å²) in [6.07, 6.45) is -2.96. The van der Waals surface area contributed by atoms with Crippen molar-refractivity contribution in [3.63, 3.8) is 0 Å². The standard InChI is InChI=1S/C16H17F4N5/c1-11-22-14(16(18,19)20)9-15(23-11)25-7-5-24(6-8-25)10-13-12(17)3-2-4-21-13/h2-4,9H,5-8,10H2,1H3. The van der Waals surface area contributed by atoms with Gasteiger partial charge in [0.25, 0.3) is 0 Å². The van der Waals surface area contributed by atoms with Crippen LogP contribution in [0.1, 0.15) is 17.2 Å². The fraction of sp³-hybridized carbons (Fsp3) is 0.438. The Labute approximate surface area is 142 Å². The van der Waals surface area contributed by atoms with E-state index in [0.29, 0.717) is 38.4 Å². The molecule has 0 unspecified atom stereocenters. The molecule has 0 aromatic carbocycles. The van der Waals surface area contributed by atoms with Crippen LogP contribution in [0.2, 0.25) is 0 Å². The maximum atomic E-state index is 13.7. The molecule has 1 aliphatic rings. The summed E-state index contributed by atoms with van der Waals surface area (Å²) in [7, 11) is 0. The van der Waals surface area contributed by atoms with Gasteiger partial charge in [-0.1, -0.05) is 0 Å². The van der Waals surface area contributed by atoms with Gasteiger partial charge in [-0.05, 0) is 19.1 Å². The zero-order valence-corrected chi connectivity index (χ0v) is 13.6. The van der Waals surface area contributed by atoms with Crippen molar-refractivity contribution in [2.24, 2.45) is 0 Å². The summed E-state index contributed by atoms with van der Waals surface area (Å²) in [5.74, 6) is -0.00234. The van der Waals surface area contributed by atoms with E-state index >= 15 is 0 Å². The highest BCUT2D eigenvalue weighted by Crippen LogP contribution is 2.30. The van der Waals surface area contributed by atoms with E-state index in [1.54, 1.807) is 4.90 Å². The summed E-state index contributed by atoms with van der Waals surface area (Å²) in [6, 6.07) is 3.87. The van der Waals surface area contributed by atoms with Gasteiger partial charge in [-0.3, -0.25) is 9.88 Å². The summed E-state index contributed by atoms with van der Waals surface area (Å²) >= 11 is 0. The molecule has 1 fully saturated rings. The van der Waals surface area contributed by atoms with E-state index in [-0.39, 0.29) is 17.5 Å². The van der Waals surface area contributed by atoms with Gasteiger partial charge in [-0.15, -0.1) is 0 Å². The van der Waals surface area contributed by atoms with Crippen LogP contribution in [-0.4, -0.2) is 46.0 Å². The average Bonchev–Trinajstić information content (AvgIpc) is 2.56. The molecule has 0 aliphatic carbocycles. The van der Waals surface area contributed by atoms with Crippen molar-refractivity contribution < 1.29 is 17.6 Å². The van der Waals surface area contributed by atoms with E-state index in [4.69, 9.17) is 0 Å². The molecule has 9 heteroatoms. The Hall–Kier alpha value is -2.29. The van der Waals surface area contributed by atoms with Gasteiger partial charge in [0.05, 0.1) is 5.69 Å². The highest BCUT2D eigenvalue weighted by molar-refractivity contribution is 5.41. The minimum Gasteiger partial charge on any atom is -0.354 e. The summed E-state index contributed by atoms with van der Waals surface area (Å²) in [4.78, 5) is 15.4. The molecule has 0 bridgehead atoms. The SMILES string of the molecule is Cc1nc(N2CCN(Cc3ncccc3F)CC2)cc(C(F)(F)F)n1. The number of piperazine rings is 1. The molecule has 134 valence electrons. The second-order valence-corrected chi connectivity index (χ2v) is 5.85. The Bertz CT molecular complexity index is 742. The van der Waals surface area contributed by atoms with Crippen LogP contribution in [0.5, 0.6) is 0 Å². The van der Waals surface area contributed by atoms with Gasteiger partial charge >= 0.3 is 6.18 Å². The molecular formula is C16H17F4N5. The largest absolute Gasteiger partial charge is 0.433 e. The van der Waals surface area contributed by atoms with Crippen molar-refractivity contribution >= 4 is 5.82 Å². The second kappa shape index (κ2) is 6.91. The Kier molecular flexibility index (Phi) is 4.85. The van der Waals surface area contributed by atoms with Crippen LogP contribution in [0.3, 0.4) is 0 Å². The maximum Gasteiger partial charge on any atom is 0.433 e. The number of hydrogen-bond acceptors (Lipinski definition) is 5. The fourth-order valence-corrected chi connectivity index (χ4v) is 2.74. The number of rotatable bonds is 3. The van der Waals surface area contributed by atoms with Crippen molar-refractivity contribution in [1.29, 1.82) is 0 Å². The molecule has 0 saturated carbocycles. The minimum atomic E-state index is -4.50. The number of aryl methyl sites for hydroxylation is 1. The first-order valence-electron chi connectivity index (χ1n) is 7.82. The van der Waals surface area contributed by atoms with Gasteiger partial charge in [-0.2, -0.15) is 13.2 Å². The third kappa shape index (κ3) is 4.22. The van der Waals surface area contributed by atoms with Gasteiger partial charge < -0.3 is 4.90 Å². The van der Waals surface area contributed by atoms with E-state index in [0.717, 1.165) is 6.07 Å². The van der Waals surface area contributed by atoms with Crippen molar-refractivity contribution in [3.8, 4) is 0 Å². The summed E-state index contributed by atoms with van der Waals surface area (Å²) < 4.78 is 52.4. The predicted octanol–water partition coefficient (Wildman–Crippen LogP) is 2.66. The third-order valence-corrected chi connectivity index (χ3v) is 4.02. The quantitative estimate of drug-likeness (QED) is 0.792. The Morgan fingerprint density at radius 1 is 1.12 bits per heavy atom. The molecule has 0 radical (unpaired) electrons. The van der Waals surface area contributed by atoms with E-state index in [1.807, 2.05) is 4.90 Å². The smallest absolute Gasteiger partial charge is 0.354 e. The fourth-order valence-electron chi connectivity index (χ4n) is 2.74. The number of pyridine rings is 1. The van der Waals surface area contributed by atoms with Gasteiger partial charge in [0.1, 0.15) is 23.2 Å². The molecule has 0 amide bonds. The summed E-state index contributed by atoms with van der Waals surface area (Å²) in [5.41, 5.74) is -0.568. The molecule has 5 nitrogen and oxygen atoms in total. The van der Waals surface area contributed by atoms with Crippen molar-refractivity contribution in [3.05, 3.63) is 47.4 Å². The van der Waals surface area contributed by atoms with E-state index < -0.39 is 11.9 Å². The highest BCUT2D eigenvalue weighted by atomic mass is 19.4. The molecule has 1 aliphatic heterocycles. The molecule has 2 aromatic rings. The number of aromatic nitrogens is 3. The molecule has 1 saturated heterocycles. The second-order valence-electron chi connectivity index (χ2n) is 5.85. The van der Waals surface area contributed by atoms with Gasteiger partial charge in [0, 0.05) is 45.0 Å². The van der Waals surface area contributed by atoms with Crippen molar-refractivity contribution in [2.45, 2.75) is 19.6 Å². The zero-order chi connectivity index (χ0) is 18.0. The van der Waals surface area contributed by atoms with Gasteiger partial charge in [0.15, 0.2) is 0 Å². The molecule has 0 N–H and O–H groups in total. The number of halogens is 4. The van der Waals surface area contributed by atoms with Crippen molar-refractivity contribution in [1.82, 2.24) is 19.9 Å². The normalized spacial score (nSPS) is 16.3. The first kappa shape index (κ1) is 17.5. The van der Waals surface area contributed by atoms with Crippen LogP contribution in [0.25, 0.3) is 0 Å². The van der Waals surface area contributed by atoms with E-state index in [2.05, 4.69) is 15.0 Å². The van der Waals surface area contributed by atoms with Crippen molar-refractivity contribution in [2.75, 3.05) is 31.1 Å². The monoisotopic (exact) mass is 355 g/mol. The lowest BCUT2D eigenvalue weighted by atomic mass is 10.2. The zero-order valence-electron chi connectivity index (χ0n) is 13.6. The average molecular weight is 355 g/mol. The lowest BCUT2D eigenvalue weighted by Gasteiger charge is -2.35. The van der Waals surface area contributed by atoms with Gasteiger partial charge in [-0.25, -0.2) is 14.4 Å². The minimum absolute atomic E-state index is 0.0859. The molecule has 25 heavy (non-hydrogen) atoms. The van der Waals surface area contributed by atoms with Crippen LogP contribution in [0, 0.1) is 12.7 Å². The Balaban J connectivity index is 1.66. The first-order chi connectivity index (χ1) is 11.8. The molecular weight excluding hydrogens is 338 g/mol. The van der Waals surface area contributed by atoms with Crippen LogP contribution >= 0.6 is 0 Å². The Morgan fingerprint density at radius 3 is 2.48 bits per heavy atom. The number of alkyl halides is 3. The third-order valence-electron chi connectivity index (χ3n) is 4.02. The van der Waals surface area contributed by atoms with Gasteiger partial charge in [0.2, 0.25) is 0 Å². The lowest BCUT2D eigenvalue weighted by Crippen LogP contribution is -2.46.